The van der Waals surface area contributed by atoms with Crippen molar-refractivity contribution in [2.75, 3.05) is 11.9 Å². The molecule has 120 valence electrons. The van der Waals surface area contributed by atoms with Gasteiger partial charge >= 0.3 is 6.03 Å². The molecule has 5 rings (SSSR count). The van der Waals surface area contributed by atoms with E-state index in [-0.39, 0.29) is 6.03 Å². The first-order valence-corrected chi connectivity index (χ1v) is 8.25. The van der Waals surface area contributed by atoms with Crippen LogP contribution in [0.3, 0.4) is 0 Å². The highest BCUT2D eigenvalue weighted by molar-refractivity contribution is 5.90. The summed E-state index contributed by atoms with van der Waals surface area (Å²) in [6, 6.07) is 8.59. The lowest BCUT2D eigenvalue weighted by Gasteiger charge is -2.25. The van der Waals surface area contributed by atoms with Crippen molar-refractivity contribution in [2.45, 2.75) is 39.3 Å². The third-order valence-corrected chi connectivity index (χ3v) is 5.24. The molecule has 0 unspecified atom stereocenters. The molecular formula is C18H22N4O. The van der Waals surface area contributed by atoms with Gasteiger partial charge in [-0.25, -0.2) is 9.78 Å². The number of imidazole rings is 1. The highest BCUT2D eigenvalue weighted by Gasteiger charge is 2.44. The Hall–Kier alpha value is -2.30. The Morgan fingerprint density at radius 1 is 1.35 bits per heavy atom. The van der Waals surface area contributed by atoms with E-state index in [2.05, 4.69) is 27.9 Å². The van der Waals surface area contributed by atoms with E-state index in [0.29, 0.717) is 6.04 Å². The number of rotatable bonds is 3. The number of aromatic nitrogens is 2. The Balaban J connectivity index is 1.45. The highest BCUT2D eigenvalue weighted by Crippen LogP contribution is 2.40. The van der Waals surface area contributed by atoms with Crippen LogP contribution in [0.4, 0.5) is 10.5 Å². The number of urea groups is 1. The van der Waals surface area contributed by atoms with E-state index in [0.717, 1.165) is 36.0 Å². The van der Waals surface area contributed by atoms with Gasteiger partial charge in [0, 0.05) is 30.5 Å². The molecule has 0 radical (unpaired) electrons. The summed E-state index contributed by atoms with van der Waals surface area (Å²) in [6.45, 7) is 5.78. The maximum atomic E-state index is 12.4. The fourth-order valence-electron chi connectivity index (χ4n) is 3.62. The highest BCUT2D eigenvalue weighted by atomic mass is 16.2. The van der Waals surface area contributed by atoms with Crippen molar-refractivity contribution in [3.8, 4) is 0 Å². The van der Waals surface area contributed by atoms with Crippen molar-refractivity contribution in [3.63, 3.8) is 0 Å². The van der Waals surface area contributed by atoms with Gasteiger partial charge in [0.05, 0.1) is 12.0 Å². The molecule has 1 N–H and O–H groups in total. The van der Waals surface area contributed by atoms with Crippen LogP contribution in [0.5, 0.6) is 0 Å². The van der Waals surface area contributed by atoms with Crippen LogP contribution in [0.15, 0.2) is 30.6 Å². The van der Waals surface area contributed by atoms with E-state index >= 15 is 0 Å². The molecule has 1 saturated carbocycles. The zero-order valence-corrected chi connectivity index (χ0v) is 13.6. The lowest BCUT2D eigenvalue weighted by atomic mass is 9.86. The molecule has 3 fully saturated rings. The average Bonchev–Trinajstić information content (AvgIpc) is 3.18. The van der Waals surface area contributed by atoms with Gasteiger partial charge in [-0.15, -0.1) is 0 Å². The Morgan fingerprint density at radius 3 is 2.83 bits per heavy atom. The largest absolute Gasteiger partial charge is 0.330 e. The van der Waals surface area contributed by atoms with Crippen LogP contribution in [0.1, 0.15) is 29.8 Å². The first-order valence-electron chi connectivity index (χ1n) is 8.25. The summed E-state index contributed by atoms with van der Waals surface area (Å²) < 4.78 is 2.13. The van der Waals surface area contributed by atoms with E-state index in [4.69, 9.17) is 0 Å². The molecule has 5 heteroatoms. The predicted molar refractivity (Wildman–Crippen MR) is 89.5 cm³/mol. The quantitative estimate of drug-likeness (QED) is 0.946. The Bertz CT molecular complexity index is 745. The van der Waals surface area contributed by atoms with Crippen LogP contribution >= 0.6 is 0 Å². The number of hydrogen-bond acceptors (Lipinski definition) is 2. The van der Waals surface area contributed by atoms with Crippen LogP contribution in [-0.2, 0) is 6.54 Å². The Kier molecular flexibility index (Phi) is 3.36. The number of nitrogens with one attached hydrogen (secondary N) is 1. The van der Waals surface area contributed by atoms with Crippen molar-refractivity contribution in [1.82, 2.24) is 14.5 Å². The zero-order chi connectivity index (χ0) is 16.0. The van der Waals surface area contributed by atoms with Crippen molar-refractivity contribution < 1.29 is 4.79 Å². The van der Waals surface area contributed by atoms with E-state index in [1.54, 1.807) is 0 Å². The molecule has 1 aliphatic carbocycles. The molecule has 3 heterocycles. The second-order valence-corrected chi connectivity index (χ2v) is 6.82. The number of aryl methyl sites for hydroxylation is 1. The first kappa shape index (κ1) is 14.3. The molecule has 2 bridgehead atoms. The summed E-state index contributed by atoms with van der Waals surface area (Å²) in [7, 11) is 0. The summed E-state index contributed by atoms with van der Waals surface area (Å²) in [4.78, 5) is 18.7. The summed E-state index contributed by atoms with van der Waals surface area (Å²) in [5.74, 6) is 0.740. The van der Waals surface area contributed by atoms with Gasteiger partial charge in [-0.3, -0.25) is 0 Å². The second-order valence-electron chi connectivity index (χ2n) is 6.82. The number of anilines is 1. The van der Waals surface area contributed by atoms with Gasteiger partial charge in [-0.05, 0) is 50.3 Å². The van der Waals surface area contributed by atoms with Gasteiger partial charge < -0.3 is 14.8 Å². The minimum absolute atomic E-state index is 0.0433. The van der Waals surface area contributed by atoms with Crippen molar-refractivity contribution in [1.29, 1.82) is 0 Å². The van der Waals surface area contributed by atoms with Crippen LogP contribution in [-0.4, -0.2) is 33.1 Å². The monoisotopic (exact) mass is 310 g/mol. The molecule has 1 aromatic heterocycles. The first-order chi connectivity index (χ1) is 11.1. The number of fused-ring (bicyclic) bond motifs is 1. The zero-order valence-electron chi connectivity index (χ0n) is 13.6. The minimum Gasteiger partial charge on any atom is -0.330 e. The molecule has 0 atom stereocenters. The second kappa shape index (κ2) is 5.41. The van der Waals surface area contributed by atoms with Gasteiger partial charge in [-0.1, -0.05) is 12.1 Å². The summed E-state index contributed by atoms with van der Waals surface area (Å²) >= 11 is 0. The maximum absolute atomic E-state index is 12.4. The van der Waals surface area contributed by atoms with Crippen LogP contribution in [0, 0.1) is 19.8 Å². The van der Waals surface area contributed by atoms with Gasteiger partial charge in [0.2, 0.25) is 0 Å². The van der Waals surface area contributed by atoms with Crippen LogP contribution in [0.25, 0.3) is 0 Å². The van der Waals surface area contributed by atoms with Gasteiger partial charge in [0.1, 0.15) is 0 Å². The lowest BCUT2D eigenvalue weighted by Crippen LogP contribution is -2.37. The Labute approximate surface area is 136 Å². The third-order valence-electron chi connectivity index (χ3n) is 5.24. The van der Waals surface area contributed by atoms with Gasteiger partial charge in [-0.2, -0.15) is 0 Å². The van der Waals surface area contributed by atoms with E-state index in [1.807, 2.05) is 36.4 Å². The van der Waals surface area contributed by atoms with E-state index < -0.39 is 0 Å². The molecule has 5 nitrogen and oxygen atoms in total. The number of benzene rings is 1. The molecule has 2 amide bonds. The van der Waals surface area contributed by atoms with Crippen molar-refractivity contribution >= 4 is 11.7 Å². The van der Waals surface area contributed by atoms with E-state index in [9.17, 15) is 4.79 Å². The molecule has 2 saturated heterocycles. The number of carbonyl (C=O) groups excluding carboxylic acids is 1. The summed E-state index contributed by atoms with van der Waals surface area (Å²) in [5.41, 5.74) is 4.26. The SMILES string of the molecule is Cc1ncn(Cc2cccc(NC(=O)N3CC4CC3C4)c2)c1C. The van der Waals surface area contributed by atoms with E-state index in [1.165, 1.54) is 18.5 Å². The molecular weight excluding hydrogens is 288 g/mol. The molecule has 3 aliphatic rings. The average molecular weight is 310 g/mol. The molecule has 2 aromatic rings. The molecule has 0 spiro atoms. The fraction of sp³-hybridized carbons (Fsp3) is 0.444. The lowest BCUT2D eigenvalue weighted by molar-refractivity contribution is 0.207. The van der Waals surface area contributed by atoms with Crippen LogP contribution in [0.2, 0.25) is 0 Å². The summed E-state index contributed by atoms with van der Waals surface area (Å²) in [5, 5.41) is 3.05. The number of carbonyl (C=O) groups is 1. The smallest absolute Gasteiger partial charge is 0.322 e. The maximum Gasteiger partial charge on any atom is 0.322 e. The Morgan fingerprint density at radius 2 is 2.17 bits per heavy atom. The van der Waals surface area contributed by atoms with Gasteiger partial charge in [0.25, 0.3) is 0 Å². The normalized spacial score (nSPS) is 22.1. The third kappa shape index (κ3) is 2.60. The topological polar surface area (TPSA) is 50.2 Å². The van der Waals surface area contributed by atoms with Crippen molar-refractivity contribution in [3.05, 3.63) is 47.5 Å². The molecule has 1 aromatic carbocycles. The van der Waals surface area contributed by atoms with Gasteiger partial charge in [0.15, 0.2) is 0 Å². The molecule has 23 heavy (non-hydrogen) atoms. The number of hydrogen-bond donors (Lipinski definition) is 1. The number of amides is 2. The fourth-order valence-corrected chi connectivity index (χ4v) is 3.62. The standard InChI is InChI=1S/C18H22N4O/c1-12-13(2)21(11-19-12)9-14-4-3-5-16(6-14)20-18(23)22-10-15-7-17(22)8-15/h3-6,11,15,17H,7-10H2,1-2H3,(H,20,23). The predicted octanol–water partition coefficient (Wildman–Crippen LogP) is 3.17. The minimum atomic E-state index is 0.0433. The number of nitrogens with zero attached hydrogens (tertiary/aromatic N) is 3. The summed E-state index contributed by atoms with van der Waals surface area (Å²) in [6.07, 6.45) is 4.24. The van der Waals surface area contributed by atoms with Crippen molar-refractivity contribution in [2.24, 2.45) is 5.92 Å². The van der Waals surface area contributed by atoms with Crippen LogP contribution < -0.4 is 5.32 Å². The molecule has 2 aliphatic heterocycles.